The van der Waals surface area contributed by atoms with Gasteiger partial charge in [0.1, 0.15) is 30.5 Å². The van der Waals surface area contributed by atoms with E-state index in [2.05, 4.69) is 30.3 Å². The van der Waals surface area contributed by atoms with E-state index in [0.717, 1.165) is 36.5 Å². The number of methoxy groups -OCH3 is 1. The molecule has 1 saturated heterocycles. The molecule has 1 atom stereocenters. The highest BCUT2D eigenvalue weighted by atomic mass is 16.5. The molecule has 1 fully saturated rings. The van der Waals surface area contributed by atoms with Gasteiger partial charge in [-0.05, 0) is 18.9 Å². The molecule has 1 N–H and O–H groups in total. The molecule has 3 heterocycles. The molecule has 0 aliphatic carbocycles. The molecule has 1 unspecified atom stereocenters. The van der Waals surface area contributed by atoms with Gasteiger partial charge in [-0.1, -0.05) is 18.2 Å². The van der Waals surface area contributed by atoms with Crippen molar-refractivity contribution in [3.05, 3.63) is 54.9 Å². The van der Waals surface area contributed by atoms with Gasteiger partial charge in [0.2, 0.25) is 5.91 Å². The van der Waals surface area contributed by atoms with E-state index in [1.165, 1.54) is 12.7 Å². The van der Waals surface area contributed by atoms with Crippen molar-refractivity contribution < 1.29 is 9.53 Å². The molecule has 1 aliphatic rings. The molecule has 4 rings (SSSR count). The van der Waals surface area contributed by atoms with Crippen LogP contribution in [0.2, 0.25) is 0 Å². The van der Waals surface area contributed by atoms with Crippen LogP contribution in [-0.2, 0) is 11.3 Å². The first-order chi connectivity index (χ1) is 14.2. The number of carbonyl (C=O) groups is 1. The second-order valence-electron chi connectivity index (χ2n) is 6.89. The molecule has 9 heteroatoms. The van der Waals surface area contributed by atoms with Gasteiger partial charge in [-0.25, -0.2) is 19.6 Å². The van der Waals surface area contributed by atoms with Crippen LogP contribution in [0.4, 0.5) is 5.82 Å². The zero-order valence-corrected chi connectivity index (χ0v) is 16.2. The smallest absolute Gasteiger partial charge is 0.225 e. The van der Waals surface area contributed by atoms with Gasteiger partial charge >= 0.3 is 0 Å². The molecular formula is C20H23N7O2. The minimum Gasteiger partial charge on any atom is -0.496 e. The fourth-order valence-corrected chi connectivity index (χ4v) is 3.54. The Labute approximate surface area is 168 Å². The number of aromatic nitrogens is 5. The molecule has 1 amide bonds. The number of hydrogen-bond acceptors (Lipinski definition) is 7. The van der Waals surface area contributed by atoms with Gasteiger partial charge in [0.15, 0.2) is 5.82 Å². The number of carbonyl (C=O) groups excluding carboxylic acids is 1. The number of anilines is 1. The number of benzene rings is 1. The Hall–Kier alpha value is -3.49. The van der Waals surface area contributed by atoms with Crippen molar-refractivity contribution in [3.63, 3.8) is 0 Å². The summed E-state index contributed by atoms with van der Waals surface area (Å²) in [6, 6.07) is 9.57. The van der Waals surface area contributed by atoms with E-state index < -0.39 is 0 Å². The molecule has 1 aliphatic heterocycles. The zero-order valence-electron chi connectivity index (χ0n) is 16.2. The number of amides is 1. The number of hydrogen-bond donors (Lipinski definition) is 1. The normalized spacial score (nSPS) is 16.4. The average molecular weight is 393 g/mol. The van der Waals surface area contributed by atoms with Crippen LogP contribution < -0.4 is 15.0 Å². The summed E-state index contributed by atoms with van der Waals surface area (Å²) in [5, 5.41) is 7.15. The van der Waals surface area contributed by atoms with Crippen molar-refractivity contribution in [1.82, 2.24) is 30.0 Å². The van der Waals surface area contributed by atoms with Crippen molar-refractivity contribution in [2.24, 2.45) is 5.92 Å². The van der Waals surface area contributed by atoms with E-state index in [1.807, 2.05) is 30.3 Å². The number of piperidine rings is 1. The lowest BCUT2D eigenvalue weighted by atomic mass is 9.97. The van der Waals surface area contributed by atoms with E-state index in [0.29, 0.717) is 18.9 Å². The maximum absolute atomic E-state index is 12.8. The van der Waals surface area contributed by atoms with Gasteiger partial charge < -0.3 is 15.0 Å². The first-order valence-corrected chi connectivity index (χ1v) is 9.56. The van der Waals surface area contributed by atoms with Gasteiger partial charge in [0.25, 0.3) is 0 Å². The van der Waals surface area contributed by atoms with E-state index in [-0.39, 0.29) is 11.8 Å². The average Bonchev–Trinajstić information content (AvgIpc) is 3.33. The molecule has 150 valence electrons. The number of para-hydroxylation sites is 1. The first-order valence-electron chi connectivity index (χ1n) is 9.56. The summed E-state index contributed by atoms with van der Waals surface area (Å²) >= 11 is 0. The molecule has 29 heavy (non-hydrogen) atoms. The summed E-state index contributed by atoms with van der Waals surface area (Å²) in [5.41, 5.74) is 0.962. The summed E-state index contributed by atoms with van der Waals surface area (Å²) < 4.78 is 6.94. The predicted molar refractivity (Wildman–Crippen MR) is 107 cm³/mol. The highest BCUT2D eigenvalue weighted by Gasteiger charge is 2.26. The topological polar surface area (TPSA) is 98.1 Å². The van der Waals surface area contributed by atoms with E-state index in [1.54, 1.807) is 18.1 Å². The Bertz CT molecular complexity index is 961. The molecule has 0 saturated carbocycles. The Morgan fingerprint density at radius 2 is 2.10 bits per heavy atom. The van der Waals surface area contributed by atoms with Gasteiger partial charge in [-0.2, -0.15) is 5.10 Å². The fourth-order valence-electron chi connectivity index (χ4n) is 3.54. The summed E-state index contributed by atoms with van der Waals surface area (Å²) in [6.07, 6.45) is 6.35. The lowest BCUT2D eigenvalue weighted by Crippen LogP contribution is -2.43. The number of ether oxygens (including phenoxy) is 1. The Balaban J connectivity index is 1.40. The highest BCUT2D eigenvalue weighted by molar-refractivity contribution is 5.79. The van der Waals surface area contributed by atoms with Crippen LogP contribution in [0.15, 0.2) is 49.3 Å². The second-order valence-corrected chi connectivity index (χ2v) is 6.89. The number of rotatable bonds is 6. The largest absolute Gasteiger partial charge is 0.496 e. The Morgan fingerprint density at radius 1 is 1.24 bits per heavy atom. The highest BCUT2D eigenvalue weighted by Crippen LogP contribution is 2.23. The standard InChI is InChI=1S/C20H23N7O2/c1-29-17-7-3-2-5-15(17)10-22-20(28)16-6-4-8-26(11-16)18-9-19(24-13-23-18)27-14-21-12-25-27/h2-3,5,7,9,12-14,16H,4,6,8,10-11H2,1H3,(H,22,28). The van der Waals surface area contributed by atoms with Crippen LogP contribution in [0, 0.1) is 5.92 Å². The van der Waals surface area contributed by atoms with Crippen molar-refractivity contribution >= 4 is 11.7 Å². The Kier molecular flexibility index (Phi) is 5.64. The number of nitrogens with one attached hydrogen (secondary N) is 1. The molecular weight excluding hydrogens is 370 g/mol. The van der Waals surface area contributed by atoms with Crippen molar-refractivity contribution in [2.45, 2.75) is 19.4 Å². The molecule has 1 aromatic carbocycles. The van der Waals surface area contributed by atoms with Crippen LogP contribution in [0.5, 0.6) is 5.75 Å². The Morgan fingerprint density at radius 3 is 2.93 bits per heavy atom. The molecule has 0 bridgehead atoms. The van der Waals surface area contributed by atoms with Crippen LogP contribution in [0.25, 0.3) is 5.82 Å². The zero-order chi connectivity index (χ0) is 20.1. The molecule has 3 aromatic rings. The second kappa shape index (κ2) is 8.68. The van der Waals surface area contributed by atoms with Crippen LogP contribution >= 0.6 is 0 Å². The fraction of sp³-hybridized carbons (Fsp3) is 0.350. The monoisotopic (exact) mass is 393 g/mol. The quantitative estimate of drug-likeness (QED) is 0.679. The molecule has 0 radical (unpaired) electrons. The van der Waals surface area contributed by atoms with E-state index >= 15 is 0 Å². The maximum Gasteiger partial charge on any atom is 0.225 e. The lowest BCUT2D eigenvalue weighted by Gasteiger charge is -2.33. The first kappa shape index (κ1) is 18.9. The van der Waals surface area contributed by atoms with Crippen molar-refractivity contribution in [2.75, 3.05) is 25.1 Å². The van der Waals surface area contributed by atoms with Crippen molar-refractivity contribution in [1.29, 1.82) is 0 Å². The third-order valence-electron chi connectivity index (χ3n) is 5.05. The predicted octanol–water partition coefficient (Wildman–Crippen LogP) is 1.60. The summed E-state index contributed by atoms with van der Waals surface area (Å²) in [5.74, 6) is 2.16. The number of nitrogens with zero attached hydrogens (tertiary/aromatic N) is 6. The molecule has 2 aromatic heterocycles. The van der Waals surface area contributed by atoms with Gasteiger partial charge in [0.05, 0.1) is 13.0 Å². The van der Waals surface area contributed by atoms with E-state index in [4.69, 9.17) is 4.74 Å². The van der Waals surface area contributed by atoms with Gasteiger partial charge in [-0.3, -0.25) is 4.79 Å². The summed E-state index contributed by atoms with van der Waals surface area (Å²) in [7, 11) is 1.63. The lowest BCUT2D eigenvalue weighted by molar-refractivity contribution is -0.125. The third-order valence-corrected chi connectivity index (χ3v) is 5.05. The summed E-state index contributed by atoms with van der Waals surface area (Å²) in [4.78, 5) is 27.5. The van der Waals surface area contributed by atoms with E-state index in [9.17, 15) is 4.79 Å². The third kappa shape index (κ3) is 4.34. The minimum absolute atomic E-state index is 0.0474. The minimum atomic E-state index is -0.0942. The van der Waals surface area contributed by atoms with Gasteiger partial charge in [0, 0.05) is 31.3 Å². The summed E-state index contributed by atoms with van der Waals surface area (Å²) in [6.45, 7) is 1.92. The van der Waals surface area contributed by atoms with Crippen LogP contribution in [-0.4, -0.2) is 50.8 Å². The van der Waals surface area contributed by atoms with Crippen LogP contribution in [0.3, 0.4) is 0 Å². The molecule has 0 spiro atoms. The SMILES string of the molecule is COc1ccccc1CNC(=O)C1CCCN(c2cc(-n3cncn3)ncn2)C1. The molecule has 9 nitrogen and oxygen atoms in total. The van der Waals surface area contributed by atoms with Crippen LogP contribution in [0.1, 0.15) is 18.4 Å². The maximum atomic E-state index is 12.8. The van der Waals surface area contributed by atoms with Crippen molar-refractivity contribution in [3.8, 4) is 11.6 Å². The van der Waals surface area contributed by atoms with Gasteiger partial charge in [-0.15, -0.1) is 0 Å².